The maximum Gasteiger partial charge on any atom is 0.407 e. The number of aryl methyl sites for hydroxylation is 1. The number of aromatic nitrogens is 2. The molecular formula is C22H28BrN3O5. The van der Waals surface area contributed by atoms with Gasteiger partial charge in [-0.25, -0.2) is 9.59 Å². The SMILES string of the molecule is COC(=O)c1nn(C)cc1-c1ccc(O[C@@H]2CC[C@@H](NC(=O)OC(C)(C)C)C2)c(Br)c1. The highest BCUT2D eigenvalue weighted by Gasteiger charge is 2.29. The van der Waals surface area contributed by atoms with Gasteiger partial charge in [0.1, 0.15) is 17.5 Å². The fraction of sp³-hybridized carbons (Fsp3) is 0.500. The smallest absolute Gasteiger partial charge is 0.407 e. The fourth-order valence-electron chi connectivity index (χ4n) is 3.54. The van der Waals surface area contributed by atoms with Crippen molar-refractivity contribution in [2.24, 2.45) is 7.05 Å². The number of esters is 1. The van der Waals surface area contributed by atoms with E-state index in [0.29, 0.717) is 17.7 Å². The standard InChI is InChI=1S/C22H28BrN3O5/c1-22(2,3)31-21(28)24-14-7-8-15(11-14)30-18-9-6-13(10-17(18)23)16-12-26(4)25-19(16)20(27)29-5/h6,9-10,12,14-15H,7-8,11H2,1-5H3,(H,24,28)/t14-,15-/m1/s1. The summed E-state index contributed by atoms with van der Waals surface area (Å²) in [7, 11) is 3.09. The van der Waals surface area contributed by atoms with Crippen molar-refractivity contribution in [2.75, 3.05) is 7.11 Å². The molecule has 1 fully saturated rings. The summed E-state index contributed by atoms with van der Waals surface area (Å²) in [6, 6.07) is 5.66. The molecule has 9 heteroatoms. The van der Waals surface area contributed by atoms with Crippen LogP contribution in [0.5, 0.6) is 5.75 Å². The zero-order valence-electron chi connectivity index (χ0n) is 18.4. The molecule has 3 rings (SSSR count). The summed E-state index contributed by atoms with van der Waals surface area (Å²) in [5, 5.41) is 7.11. The summed E-state index contributed by atoms with van der Waals surface area (Å²) in [5.74, 6) is 0.219. The predicted octanol–water partition coefficient (Wildman–Crippen LogP) is 4.46. The zero-order valence-corrected chi connectivity index (χ0v) is 20.0. The molecule has 0 radical (unpaired) electrons. The van der Waals surface area contributed by atoms with Gasteiger partial charge in [0.15, 0.2) is 5.69 Å². The molecule has 0 aliphatic heterocycles. The van der Waals surface area contributed by atoms with Crippen LogP contribution in [0.1, 0.15) is 50.5 Å². The molecule has 0 bridgehead atoms. The van der Waals surface area contributed by atoms with Gasteiger partial charge in [0.05, 0.1) is 11.6 Å². The first-order chi connectivity index (χ1) is 14.6. The zero-order chi connectivity index (χ0) is 22.8. The first-order valence-corrected chi connectivity index (χ1v) is 10.9. The molecule has 0 spiro atoms. The molecule has 1 N–H and O–H groups in total. The van der Waals surface area contributed by atoms with Crippen LogP contribution in [0.4, 0.5) is 4.79 Å². The number of methoxy groups -OCH3 is 1. The van der Waals surface area contributed by atoms with Gasteiger partial charge in [0.2, 0.25) is 0 Å². The Hall–Kier alpha value is -2.55. The number of rotatable bonds is 5. The van der Waals surface area contributed by atoms with Gasteiger partial charge in [-0.05, 0) is 67.2 Å². The van der Waals surface area contributed by atoms with Crippen LogP contribution in [0.3, 0.4) is 0 Å². The number of amides is 1. The third kappa shape index (κ3) is 6.00. The molecule has 1 aromatic carbocycles. The van der Waals surface area contributed by atoms with Crippen LogP contribution in [0, 0.1) is 0 Å². The van der Waals surface area contributed by atoms with E-state index < -0.39 is 17.7 Å². The van der Waals surface area contributed by atoms with Crippen molar-refractivity contribution in [1.29, 1.82) is 0 Å². The molecule has 2 atom stereocenters. The second-order valence-electron chi connectivity index (χ2n) is 8.60. The average molecular weight is 494 g/mol. The highest BCUT2D eigenvalue weighted by Crippen LogP contribution is 2.34. The molecule has 1 saturated carbocycles. The fourth-order valence-corrected chi connectivity index (χ4v) is 4.02. The van der Waals surface area contributed by atoms with Gasteiger partial charge in [0.25, 0.3) is 0 Å². The Bertz CT molecular complexity index is 967. The Kier molecular flexibility index (Phi) is 6.93. The molecule has 1 aromatic heterocycles. The topological polar surface area (TPSA) is 91.7 Å². The van der Waals surface area contributed by atoms with E-state index in [0.717, 1.165) is 22.9 Å². The highest BCUT2D eigenvalue weighted by molar-refractivity contribution is 9.10. The number of carbonyl (C=O) groups is 2. The molecule has 31 heavy (non-hydrogen) atoms. The van der Waals surface area contributed by atoms with Gasteiger partial charge >= 0.3 is 12.1 Å². The Morgan fingerprint density at radius 2 is 2.00 bits per heavy atom. The van der Waals surface area contributed by atoms with Gasteiger partial charge in [-0.2, -0.15) is 5.10 Å². The molecule has 2 aromatic rings. The van der Waals surface area contributed by atoms with E-state index in [4.69, 9.17) is 14.2 Å². The van der Waals surface area contributed by atoms with Crippen LogP contribution in [-0.4, -0.2) is 46.7 Å². The van der Waals surface area contributed by atoms with E-state index in [9.17, 15) is 9.59 Å². The summed E-state index contributed by atoms with van der Waals surface area (Å²) in [5.41, 5.74) is 1.25. The van der Waals surface area contributed by atoms with Crippen LogP contribution >= 0.6 is 15.9 Å². The van der Waals surface area contributed by atoms with Crippen LogP contribution < -0.4 is 10.1 Å². The van der Waals surface area contributed by atoms with Crippen LogP contribution in [0.25, 0.3) is 11.1 Å². The number of ether oxygens (including phenoxy) is 3. The summed E-state index contributed by atoms with van der Waals surface area (Å²) >= 11 is 3.57. The quantitative estimate of drug-likeness (QED) is 0.618. The van der Waals surface area contributed by atoms with E-state index in [-0.39, 0.29) is 17.8 Å². The van der Waals surface area contributed by atoms with E-state index in [1.165, 1.54) is 7.11 Å². The van der Waals surface area contributed by atoms with E-state index >= 15 is 0 Å². The summed E-state index contributed by atoms with van der Waals surface area (Å²) in [4.78, 5) is 24.0. The molecule has 168 valence electrons. The second kappa shape index (κ2) is 9.30. The summed E-state index contributed by atoms with van der Waals surface area (Å²) < 4.78 is 18.7. The van der Waals surface area contributed by atoms with Crippen LogP contribution in [-0.2, 0) is 16.5 Å². The number of nitrogens with zero attached hydrogens (tertiary/aromatic N) is 2. The number of carbonyl (C=O) groups excluding carboxylic acids is 2. The van der Waals surface area contributed by atoms with Crippen molar-refractivity contribution in [3.05, 3.63) is 34.6 Å². The first kappa shape index (κ1) is 23.1. The molecule has 1 aliphatic carbocycles. The van der Waals surface area contributed by atoms with Crippen LogP contribution in [0.15, 0.2) is 28.9 Å². The number of halogens is 1. The average Bonchev–Trinajstić information content (AvgIpc) is 3.27. The molecule has 0 saturated heterocycles. The summed E-state index contributed by atoms with van der Waals surface area (Å²) in [6.45, 7) is 5.52. The molecule has 0 unspecified atom stereocenters. The Morgan fingerprint density at radius 3 is 2.65 bits per heavy atom. The Morgan fingerprint density at radius 1 is 1.26 bits per heavy atom. The van der Waals surface area contributed by atoms with Crippen molar-refractivity contribution in [2.45, 2.75) is 57.8 Å². The Balaban J connectivity index is 1.65. The number of hydrogen-bond acceptors (Lipinski definition) is 6. The van der Waals surface area contributed by atoms with E-state index in [2.05, 4.69) is 26.3 Å². The number of nitrogens with one attached hydrogen (secondary N) is 1. The predicted molar refractivity (Wildman–Crippen MR) is 119 cm³/mol. The molecular weight excluding hydrogens is 466 g/mol. The van der Waals surface area contributed by atoms with Gasteiger partial charge in [0, 0.05) is 31.3 Å². The van der Waals surface area contributed by atoms with Gasteiger partial charge in [-0.3, -0.25) is 4.68 Å². The molecule has 1 amide bonds. The minimum absolute atomic E-state index is 0.00823. The largest absolute Gasteiger partial charge is 0.489 e. The number of hydrogen-bond donors (Lipinski definition) is 1. The van der Waals surface area contributed by atoms with Crippen molar-refractivity contribution >= 4 is 28.0 Å². The Labute approximate surface area is 190 Å². The lowest BCUT2D eigenvalue weighted by Crippen LogP contribution is -2.38. The number of alkyl carbamates (subject to hydrolysis) is 1. The lowest BCUT2D eigenvalue weighted by molar-refractivity contribution is 0.0501. The van der Waals surface area contributed by atoms with Crippen molar-refractivity contribution in [3.63, 3.8) is 0 Å². The molecule has 1 heterocycles. The minimum Gasteiger partial charge on any atom is -0.489 e. The normalized spacial score (nSPS) is 18.5. The first-order valence-electron chi connectivity index (χ1n) is 10.1. The van der Waals surface area contributed by atoms with Crippen molar-refractivity contribution in [1.82, 2.24) is 15.1 Å². The van der Waals surface area contributed by atoms with Gasteiger partial charge in [-0.15, -0.1) is 0 Å². The summed E-state index contributed by atoms with van der Waals surface area (Å²) in [6.07, 6.45) is 3.75. The lowest BCUT2D eigenvalue weighted by atomic mass is 10.1. The van der Waals surface area contributed by atoms with Gasteiger partial charge < -0.3 is 19.5 Å². The third-order valence-electron chi connectivity index (χ3n) is 4.85. The maximum atomic E-state index is 12.0. The second-order valence-corrected chi connectivity index (χ2v) is 9.45. The monoisotopic (exact) mass is 493 g/mol. The van der Waals surface area contributed by atoms with E-state index in [1.807, 2.05) is 39.0 Å². The van der Waals surface area contributed by atoms with Crippen molar-refractivity contribution in [3.8, 4) is 16.9 Å². The molecule has 8 nitrogen and oxygen atoms in total. The number of benzene rings is 1. The lowest BCUT2D eigenvalue weighted by Gasteiger charge is -2.22. The maximum absolute atomic E-state index is 12.0. The van der Waals surface area contributed by atoms with Crippen molar-refractivity contribution < 1.29 is 23.8 Å². The molecule has 1 aliphatic rings. The van der Waals surface area contributed by atoms with E-state index in [1.54, 1.807) is 17.9 Å². The van der Waals surface area contributed by atoms with Gasteiger partial charge in [-0.1, -0.05) is 6.07 Å². The highest BCUT2D eigenvalue weighted by atomic mass is 79.9. The van der Waals surface area contributed by atoms with Crippen LogP contribution in [0.2, 0.25) is 0 Å². The minimum atomic E-state index is -0.521. The third-order valence-corrected chi connectivity index (χ3v) is 5.47.